The molecule has 0 amide bonds. The van der Waals surface area contributed by atoms with Gasteiger partial charge in [0.25, 0.3) is 0 Å². The Morgan fingerprint density at radius 3 is 2.67 bits per heavy atom. The van der Waals surface area contributed by atoms with Gasteiger partial charge in [0.05, 0.1) is 0 Å². The van der Waals surface area contributed by atoms with Crippen LogP contribution in [0.4, 0.5) is 0 Å². The van der Waals surface area contributed by atoms with E-state index < -0.39 is 0 Å². The summed E-state index contributed by atoms with van der Waals surface area (Å²) < 4.78 is 2.13. The van der Waals surface area contributed by atoms with Gasteiger partial charge in [0.1, 0.15) is 0 Å². The maximum absolute atomic E-state index is 4.38. The van der Waals surface area contributed by atoms with Gasteiger partial charge in [-0.15, -0.1) is 0 Å². The zero-order valence-corrected chi connectivity index (χ0v) is 11.7. The Hall–Kier alpha value is -0.310. The normalized spacial score (nSPS) is 12.4. The van der Waals surface area contributed by atoms with Gasteiger partial charge in [0.2, 0.25) is 0 Å². The highest BCUT2D eigenvalue weighted by molar-refractivity contribution is 9.09. The Morgan fingerprint density at radius 2 is 2.13 bits per heavy atom. The summed E-state index contributed by atoms with van der Waals surface area (Å²) in [6.07, 6.45) is 2.98. The Balaban J connectivity index is 2.73. The van der Waals surface area contributed by atoms with Crippen molar-refractivity contribution in [3.8, 4) is 0 Å². The molecule has 0 spiro atoms. The first-order valence-corrected chi connectivity index (χ1v) is 6.63. The molecule has 0 aromatic carbocycles. The highest BCUT2D eigenvalue weighted by Crippen LogP contribution is 2.24. The molecule has 1 rings (SSSR count). The summed E-state index contributed by atoms with van der Waals surface area (Å²) in [7, 11) is 0. The van der Waals surface area contributed by atoms with Crippen LogP contribution in [0.5, 0.6) is 0 Å². The molecule has 1 aromatic heterocycles. The predicted molar refractivity (Wildman–Crippen MR) is 68.3 cm³/mol. The Morgan fingerprint density at radius 1 is 1.47 bits per heavy atom. The van der Waals surface area contributed by atoms with Crippen LogP contribution in [0.1, 0.15) is 33.4 Å². The van der Waals surface area contributed by atoms with Crippen molar-refractivity contribution in [3.05, 3.63) is 18.0 Å². The number of hydrogen-bond acceptors (Lipinski definition) is 1. The summed E-state index contributed by atoms with van der Waals surface area (Å²) in [5.74, 6) is 0.649. The fraction of sp³-hybridized carbons (Fsp3) is 0.750. The second-order valence-electron chi connectivity index (χ2n) is 5.37. The summed E-state index contributed by atoms with van der Waals surface area (Å²) in [5, 5.41) is 5.40. The van der Waals surface area contributed by atoms with Crippen molar-refractivity contribution in [2.45, 2.75) is 40.7 Å². The van der Waals surface area contributed by atoms with Gasteiger partial charge in [-0.05, 0) is 23.8 Å². The van der Waals surface area contributed by atoms with Gasteiger partial charge in [-0.1, -0.05) is 43.6 Å². The molecule has 1 aromatic rings. The summed E-state index contributed by atoms with van der Waals surface area (Å²) >= 11 is 3.56. The molecule has 2 nitrogen and oxygen atoms in total. The van der Waals surface area contributed by atoms with E-state index in [4.69, 9.17) is 0 Å². The third kappa shape index (κ3) is 3.98. The zero-order chi connectivity index (χ0) is 11.5. The number of aromatic nitrogens is 2. The number of rotatable bonds is 5. The highest BCUT2D eigenvalue weighted by Gasteiger charge is 2.19. The van der Waals surface area contributed by atoms with Crippen LogP contribution in [0.2, 0.25) is 0 Å². The maximum Gasteiger partial charge on any atom is 0.0492 e. The zero-order valence-electron chi connectivity index (χ0n) is 10.1. The van der Waals surface area contributed by atoms with Crippen LogP contribution < -0.4 is 0 Å². The van der Waals surface area contributed by atoms with Gasteiger partial charge in [-0.25, -0.2) is 0 Å². The SMILES string of the molecule is CC(C)Cn1nccc1CC(C)(C)CBr. The van der Waals surface area contributed by atoms with Gasteiger partial charge in [0, 0.05) is 23.8 Å². The molecule has 0 fully saturated rings. The van der Waals surface area contributed by atoms with E-state index in [-0.39, 0.29) is 0 Å². The Kier molecular flexibility index (Phi) is 4.38. The minimum absolute atomic E-state index is 0.300. The summed E-state index contributed by atoms with van der Waals surface area (Å²) in [6, 6.07) is 2.13. The van der Waals surface area contributed by atoms with Crippen molar-refractivity contribution in [1.29, 1.82) is 0 Å². The number of hydrogen-bond donors (Lipinski definition) is 0. The average Bonchev–Trinajstić information content (AvgIpc) is 2.51. The van der Waals surface area contributed by atoms with Crippen molar-refractivity contribution in [1.82, 2.24) is 9.78 Å². The lowest BCUT2D eigenvalue weighted by molar-refractivity contribution is 0.390. The molecule has 0 atom stereocenters. The monoisotopic (exact) mass is 272 g/mol. The lowest BCUT2D eigenvalue weighted by Gasteiger charge is -2.22. The van der Waals surface area contributed by atoms with Crippen LogP contribution in [-0.2, 0) is 13.0 Å². The van der Waals surface area contributed by atoms with Crippen molar-refractivity contribution < 1.29 is 0 Å². The topological polar surface area (TPSA) is 17.8 Å². The standard InChI is InChI=1S/C12H21BrN2/c1-10(2)8-15-11(5-6-14-15)7-12(3,4)9-13/h5-6,10H,7-9H2,1-4H3. The van der Waals surface area contributed by atoms with Gasteiger partial charge in [-0.3, -0.25) is 4.68 Å². The molecule has 3 heteroatoms. The first-order chi connectivity index (χ1) is 6.94. The fourth-order valence-electron chi connectivity index (χ4n) is 1.56. The molecule has 0 unspecified atom stereocenters. The molecular weight excluding hydrogens is 252 g/mol. The molecule has 0 aliphatic heterocycles. The minimum Gasteiger partial charge on any atom is -0.269 e. The van der Waals surface area contributed by atoms with Crippen LogP contribution >= 0.6 is 15.9 Å². The van der Waals surface area contributed by atoms with Crippen LogP contribution in [0.15, 0.2) is 12.3 Å². The molecule has 0 N–H and O–H groups in total. The summed E-state index contributed by atoms with van der Waals surface area (Å²) in [5.41, 5.74) is 1.64. The molecule has 0 aliphatic carbocycles. The first kappa shape index (κ1) is 12.8. The van der Waals surface area contributed by atoms with E-state index in [1.165, 1.54) is 5.69 Å². The third-order valence-corrected chi connectivity index (χ3v) is 3.88. The molecule has 86 valence electrons. The fourth-order valence-corrected chi connectivity index (χ4v) is 1.76. The lowest BCUT2D eigenvalue weighted by atomic mass is 9.90. The van der Waals surface area contributed by atoms with E-state index in [2.05, 4.69) is 59.5 Å². The highest BCUT2D eigenvalue weighted by atomic mass is 79.9. The molecule has 1 heterocycles. The molecule has 15 heavy (non-hydrogen) atoms. The second kappa shape index (κ2) is 5.15. The average molecular weight is 273 g/mol. The number of nitrogens with zero attached hydrogens (tertiary/aromatic N) is 2. The van der Waals surface area contributed by atoms with Gasteiger partial charge in [-0.2, -0.15) is 5.10 Å². The minimum atomic E-state index is 0.300. The van der Waals surface area contributed by atoms with Gasteiger partial charge >= 0.3 is 0 Å². The van der Waals surface area contributed by atoms with E-state index in [0.29, 0.717) is 11.3 Å². The molecule has 0 saturated carbocycles. The van der Waals surface area contributed by atoms with Crippen molar-refractivity contribution in [2.24, 2.45) is 11.3 Å². The summed E-state index contributed by atoms with van der Waals surface area (Å²) in [4.78, 5) is 0. The van der Waals surface area contributed by atoms with E-state index >= 15 is 0 Å². The second-order valence-corrected chi connectivity index (χ2v) is 5.93. The molecule has 0 radical (unpaired) electrons. The number of alkyl halides is 1. The number of halogens is 1. The van der Waals surface area contributed by atoms with E-state index in [0.717, 1.165) is 18.3 Å². The summed E-state index contributed by atoms with van der Waals surface area (Å²) in [6.45, 7) is 10.0. The molecular formula is C12H21BrN2. The molecule has 0 saturated heterocycles. The van der Waals surface area contributed by atoms with Crippen molar-refractivity contribution in [3.63, 3.8) is 0 Å². The van der Waals surface area contributed by atoms with Crippen molar-refractivity contribution in [2.75, 3.05) is 5.33 Å². The van der Waals surface area contributed by atoms with E-state index in [9.17, 15) is 0 Å². The van der Waals surface area contributed by atoms with Crippen LogP contribution in [0.25, 0.3) is 0 Å². The Bertz CT molecular complexity index is 302. The van der Waals surface area contributed by atoms with E-state index in [1.807, 2.05) is 6.20 Å². The smallest absolute Gasteiger partial charge is 0.0492 e. The van der Waals surface area contributed by atoms with E-state index in [1.54, 1.807) is 0 Å². The van der Waals surface area contributed by atoms with Crippen LogP contribution in [0.3, 0.4) is 0 Å². The van der Waals surface area contributed by atoms with Crippen LogP contribution in [0, 0.1) is 11.3 Å². The van der Waals surface area contributed by atoms with Gasteiger partial charge < -0.3 is 0 Å². The Labute approximate surface area is 101 Å². The largest absolute Gasteiger partial charge is 0.269 e. The van der Waals surface area contributed by atoms with Gasteiger partial charge in [0.15, 0.2) is 0 Å². The first-order valence-electron chi connectivity index (χ1n) is 5.51. The molecule has 0 bridgehead atoms. The lowest BCUT2D eigenvalue weighted by Crippen LogP contribution is -2.20. The maximum atomic E-state index is 4.38. The van der Waals surface area contributed by atoms with Crippen LogP contribution in [-0.4, -0.2) is 15.1 Å². The molecule has 0 aliphatic rings. The van der Waals surface area contributed by atoms with Crippen molar-refractivity contribution >= 4 is 15.9 Å². The third-order valence-electron chi connectivity index (χ3n) is 2.36. The predicted octanol–water partition coefficient (Wildman–Crippen LogP) is 3.50. The quantitative estimate of drug-likeness (QED) is 0.751.